The average Bonchev–Trinajstić information content (AvgIpc) is 1.79. The molecule has 0 amide bonds. The van der Waals surface area contributed by atoms with Crippen molar-refractivity contribution in [3.05, 3.63) is 23.7 Å². The van der Waals surface area contributed by atoms with E-state index in [4.69, 9.17) is 0 Å². The number of rotatable bonds is 2. The molecule has 0 N–H and O–H groups in total. The summed E-state index contributed by atoms with van der Waals surface area (Å²) in [4.78, 5) is 20.0. The summed E-state index contributed by atoms with van der Waals surface area (Å²) in [7, 11) is 0. The molecule has 0 aromatic carbocycles. The second-order valence-corrected chi connectivity index (χ2v) is 2.73. The molecule has 0 aromatic heterocycles. The van der Waals surface area contributed by atoms with E-state index in [-0.39, 0.29) is 44.2 Å². The molecule has 0 atom stereocenters. The second-order valence-electron chi connectivity index (χ2n) is 2.73. The minimum absolute atomic E-state index is 0. The van der Waals surface area contributed by atoms with Crippen molar-refractivity contribution in [1.29, 1.82) is 0 Å². The third-order valence-electron chi connectivity index (χ3n) is 0.813. The van der Waals surface area contributed by atoms with Crippen molar-refractivity contribution in [2.24, 2.45) is 0 Å². The molecule has 0 bridgehead atoms. The summed E-state index contributed by atoms with van der Waals surface area (Å²) < 4.78 is 0. The maximum absolute atomic E-state index is 9.98. The van der Waals surface area contributed by atoms with Gasteiger partial charge < -0.3 is 10.2 Å². The molecule has 0 radical (unpaired) electrons. The summed E-state index contributed by atoms with van der Waals surface area (Å²) >= 11 is 0. The zero-order valence-corrected chi connectivity index (χ0v) is 11.2. The number of ketones is 2. The Morgan fingerprint density at radius 3 is 1.00 bits per heavy atom. The maximum atomic E-state index is 9.98. The molecule has 15 heavy (non-hydrogen) atoms. The first-order chi connectivity index (χ1) is 6.25. The Bertz CT molecular complexity index is 231. The van der Waals surface area contributed by atoms with Crippen LogP contribution in [0.25, 0.3) is 0 Å². The van der Waals surface area contributed by atoms with E-state index >= 15 is 0 Å². The molecule has 0 saturated carbocycles. The van der Waals surface area contributed by atoms with E-state index in [0.717, 1.165) is 12.2 Å². The summed E-state index contributed by atoms with van der Waals surface area (Å²) in [6.07, 6.45) is 2.11. The van der Waals surface area contributed by atoms with Crippen LogP contribution >= 0.6 is 0 Å². The van der Waals surface area contributed by atoms with Gasteiger partial charge in [-0.1, -0.05) is 13.8 Å². The van der Waals surface area contributed by atoms with Crippen molar-refractivity contribution in [2.75, 3.05) is 0 Å². The molecular weight excluding hydrogens is 280 g/mol. The molecule has 0 aliphatic carbocycles. The minimum atomic E-state index is -0.187. The molecule has 0 rings (SSSR count). The third-order valence-corrected chi connectivity index (χ3v) is 0.813. The Morgan fingerprint density at radius 1 is 0.800 bits per heavy atom. The van der Waals surface area contributed by atoms with E-state index in [1.165, 1.54) is 27.7 Å². The summed E-state index contributed by atoms with van der Waals surface area (Å²) in [5.41, 5.74) is 0. The van der Waals surface area contributed by atoms with E-state index < -0.39 is 0 Å². The van der Waals surface area contributed by atoms with Crippen LogP contribution in [-0.4, -0.2) is 11.6 Å². The fourth-order valence-electron chi connectivity index (χ4n) is 0.572. The largest absolute Gasteiger partial charge is 2.00 e. The fraction of sp³-hybridized carbons (Fsp3) is 0.400. The van der Waals surface area contributed by atoms with Crippen molar-refractivity contribution < 1.29 is 40.9 Å². The molecule has 0 aliphatic heterocycles. The summed E-state index contributed by atoms with van der Waals surface area (Å²) in [5.74, 6) is -0.750. The van der Waals surface area contributed by atoms with E-state index in [2.05, 4.69) is 0 Å². The van der Waals surface area contributed by atoms with Crippen molar-refractivity contribution in [2.45, 2.75) is 27.7 Å². The average molecular weight is 294 g/mol. The maximum Gasteiger partial charge on any atom is 2.00 e. The van der Waals surface area contributed by atoms with Gasteiger partial charge in [0.2, 0.25) is 0 Å². The summed E-state index contributed by atoms with van der Waals surface area (Å²) in [5, 5.41) is 20.0. The fourth-order valence-corrected chi connectivity index (χ4v) is 0.572. The Kier molecular flexibility index (Phi) is 14.6. The van der Waals surface area contributed by atoms with Crippen molar-refractivity contribution in [3.8, 4) is 0 Å². The van der Waals surface area contributed by atoms with Crippen LogP contribution < -0.4 is 10.2 Å². The first-order valence-corrected chi connectivity index (χ1v) is 3.97. The smallest absolute Gasteiger partial charge is 0.876 e. The van der Waals surface area contributed by atoms with E-state index in [1.54, 1.807) is 0 Å². The van der Waals surface area contributed by atoms with Gasteiger partial charge in [-0.15, -0.1) is 11.5 Å². The van der Waals surface area contributed by atoms with Gasteiger partial charge in [0, 0.05) is 0 Å². The first kappa shape index (κ1) is 19.6. The van der Waals surface area contributed by atoms with Crippen LogP contribution in [0, 0.1) is 0 Å². The molecule has 0 fully saturated rings. The molecule has 0 aromatic rings. The van der Waals surface area contributed by atoms with Gasteiger partial charge in [0.25, 0.3) is 0 Å². The van der Waals surface area contributed by atoms with Gasteiger partial charge in [0.1, 0.15) is 0 Å². The Labute approximate surface area is 104 Å². The van der Waals surface area contributed by atoms with Gasteiger partial charge in [0.15, 0.2) is 11.6 Å². The third kappa shape index (κ3) is 32.0. The molecule has 0 spiro atoms. The molecule has 0 saturated heterocycles. The predicted octanol–water partition coefficient (Wildman–Crippen LogP) is -0.324. The van der Waals surface area contributed by atoms with Gasteiger partial charge >= 0.3 is 21.1 Å². The zero-order valence-electron chi connectivity index (χ0n) is 9.20. The number of carbonyl (C=O) groups is 2. The molecule has 5 heteroatoms. The number of hydrogen-bond acceptors (Lipinski definition) is 4. The van der Waals surface area contributed by atoms with E-state index in [0.29, 0.717) is 0 Å². The Morgan fingerprint density at radius 2 is 1.00 bits per heavy atom. The van der Waals surface area contributed by atoms with Crippen molar-refractivity contribution in [1.82, 2.24) is 0 Å². The van der Waals surface area contributed by atoms with Gasteiger partial charge in [-0.3, -0.25) is 9.59 Å². The monoisotopic (exact) mass is 296 g/mol. The van der Waals surface area contributed by atoms with Crippen LogP contribution in [0.5, 0.6) is 0 Å². The molecule has 84 valence electrons. The molecule has 0 aliphatic rings. The number of allylic oxidation sites excluding steroid dienone is 4. The number of hydrogen-bond donors (Lipinski definition) is 0. The van der Waals surface area contributed by atoms with E-state index in [1.807, 2.05) is 0 Å². The molecular formula is C10H14MoO4. The van der Waals surface area contributed by atoms with E-state index in [9.17, 15) is 19.8 Å². The topological polar surface area (TPSA) is 80.3 Å². The normalized spacial score (nSPS) is 10.7. The van der Waals surface area contributed by atoms with Crippen molar-refractivity contribution >= 4 is 11.6 Å². The van der Waals surface area contributed by atoms with Gasteiger partial charge in [-0.05, 0) is 26.0 Å². The summed E-state index contributed by atoms with van der Waals surface area (Å²) in [6, 6.07) is 0. The molecule has 0 unspecified atom stereocenters. The van der Waals surface area contributed by atoms with Gasteiger partial charge in [-0.2, -0.15) is 0 Å². The minimum Gasteiger partial charge on any atom is -0.876 e. The number of carbonyl (C=O) groups excluding carboxylic acids is 2. The molecule has 0 heterocycles. The first-order valence-electron chi connectivity index (χ1n) is 3.97. The van der Waals surface area contributed by atoms with Crippen molar-refractivity contribution in [3.63, 3.8) is 0 Å². The standard InChI is InChI=1S/2C5H8O2.Mo/c2*1-4(6)3-5(2)7;/h2*3,6H,1-2H3;/q;;+2/p-2/b4-3+;4-3-;. The van der Waals surface area contributed by atoms with Crippen LogP contribution in [0.15, 0.2) is 23.7 Å². The predicted molar refractivity (Wildman–Crippen MR) is 48.9 cm³/mol. The molecule has 4 nitrogen and oxygen atoms in total. The SMILES string of the molecule is CC(=O)/C=C(/C)[O-].CC(=O)/C=C(\C)[O-].[Mo+2]. The van der Waals surface area contributed by atoms with Gasteiger partial charge in [0.05, 0.1) is 0 Å². The Hall–Kier alpha value is -0.892. The zero-order chi connectivity index (χ0) is 11.7. The second kappa shape index (κ2) is 11.2. The Balaban J connectivity index is -0.000000180. The van der Waals surface area contributed by atoms with Crippen LogP contribution in [0.2, 0.25) is 0 Å². The van der Waals surface area contributed by atoms with Crippen LogP contribution in [0.4, 0.5) is 0 Å². The van der Waals surface area contributed by atoms with Gasteiger partial charge in [-0.25, -0.2) is 0 Å². The van der Waals surface area contributed by atoms with Crippen LogP contribution in [-0.2, 0) is 30.7 Å². The van der Waals surface area contributed by atoms with Crippen LogP contribution in [0.3, 0.4) is 0 Å². The summed E-state index contributed by atoms with van der Waals surface area (Å²) in [6.45, 7) is 5.39. The quantitative estimate of drug-likeness (QED) is 0.397. The van der Waals surface area contributed by atoms with Crippen LogP contribution in [0.1, 0.15) is 27.7 Å².